The summed E-state index contributed by atoms with van der Waals surface area (Å²) < 4.78 is 5.50. The molecule has 0 N–H and O–H groups in total. The number of ketones is 1. The predicted molar refractivity (Wildman–Crippen MR) is 75.3 cm³/mol. The monoisotopic (exact) mass is 279 g/mol. The van der Waals surface area contributed by atoms with Crippen molar-refractivity contribution in [2.75, 3.05) is 13.2 Å². The Labute approximate surface area is 120 Å². The first-order valence-electron chi connectivity index (χ1n) is 8.19. The van der Waals surface area contributed by atoms with E-state index in [9.17, 15) is 9.59 Å². The number of piperidine rings is 1. The van der Waals surface area contributed by atoms with Crippen molar-refractivity contribution in [3.63, 3.8) is 0 Å². The number of carbonyl (C=O) groups excluding carboxylic acids is 2. The highest BCUT2D eigenvalue weighted by Gasteiger charge is 2.43. The number of hydrogen-bond donors (Lipinski definition) is 0. The molecule has 0 aromatic carbocycles. The van der Waals surface area contributed by atoms with Crippen LogP contribution in [0.15, 0.2) is 0 Å². The van der Waals surface area contributed by atoms with Crippen molar-refractivity contribution in [1.82, 2.24) is 4.90 Å². The number of Topliss-reactive ketones (excluding diaryl/α,β-unsaturated/α-hetero) is 1. The molecule has 1 saturated carbocycles. The van der Waals surface area contributed by atoms with Crippen molar-refractivity contribution >= 4 is 11.7 Å². The lowest BCUT2D eigenvalue weighted by Crippen LogP contribution is -2.52. The van der Waals surface area contributed by atoms with Gasteiger partial charge in [0, 0.05) is 13.0 Å². The van der Waals surface area contributed by atoms with Gasteiger partial charge in [0.15, 0.2) is 5.78 Å². The van der Waals surface area contributed by atoms with E-state index in [4.69, 9.17) is 4.74 Å². The van der Waals surface area contributed by atoms with Gasteiger partial charge in [-0.05, 0) is 25.2 Å². The molecule has 3 rings (SSSR count). The van der Waals surface area contributed by atoms with Gasteiger partial charge in [-0.3, -0.25) is 9.59 Å². The molecule has 3 aliphatic rings. The van der Waals surface area contributed by atoms with Crippen molar-refractivity contribution in [3.05, 3.63) is 0 Å². The number of hydrogen-bond acceptors (Lipinski definition) is 3. The van der Waals surface area contributed by atoms with E-state index >= 15 is 0 Å². The second-order valence-electron chi connectivity index (χ2n) is 6.53. The van der Waals surface area contributed by atoms with Gasteiger partial charge >= 0.3 is 0 Å². The Hall–Kier alpha value is -0.900. The first-order chi connectivity index (χ1) is 9.75. The summed E-state index contributed by atoms with van der Waals surface area (Å²) in [5.74, 6) is 0.994. The summed E-state index contributed by atoms with van der Waals surface area (Å²) in [4.78, 5) is 26.2. The summed E-state index contributed by atoms with van der Waals surface area (Å²) in [6, 6.07) is -0.275. The maximum Gasteiger partial charge on any atom is 0.223 e. The fourth-order valence-electron chi connectivity index (χ4n) is 4.02. The maximum absolute atomic E-state index is 12.4. The third-order valence-electron chi connectivity index (χ3n) is 5.16. The van der Waals surface area contributed by atoms with Crippen LogP contribution >= 0.6 is 0 Å². The zero-order valence-corrected chi connectivity index (χ0v) is 12.2. The number of ether oxygens (including phenoxy) is 1. The van der Waals surface area contributed by atoms with E-state index in [0.717, 1.165) is 31.7 Å². The van der Waals surface area contributed by atoms with Crippen molar-refractivity contribution in [3.8, 4) is 0 Å². The van der Waals surface area contributed by atoms with Crippen LogP contribution in [0.1, 0.15) is 57.8 Å². The highest BCUT2D eigenvalue weighted by molar-refractivity contribution is 5.92. The first-order valence-corrected chi connectivity index (χ1v) is 8.19. The number of likely N-dealkylation sites (tertiary alicyclic amines) is 1. The van der Waals surface area contributed by atoms with Crippen LogP contribution in [0.3, 0.4) is 0 Å². The van der Waals surface area contributed by atoms with Gasteiger partial charge in [0.25, 0.3) is 0 Å². The Morgan fingerprint density at radius 2 is 1.95 bits per heavy atom. The molecule has 1 aliphatic carbocycles. The lowest BCUT2D eigenvalue weighted by Gasteiger charge is -2.35. The molecule has 4 nitrogen and oxygen atoms in total. The Bertz CT molecular complexity index is 376. The van der Waals surface area contributed by atoms with Gasteiger partial charge in [-0.2, -0.15) is 0 Å². The molecule has 2 unspecified atom stereocenters. The Kier molecular flexibility index (Phi) is 4.39. The predicted octanol–water partition coefficient (Wildman–Crippen LogP) is 2.31. The molecule has 0 bridgehead atoms. The van der Waals surface area contributed by atoms with Gasteiger partial charge in [0.2, 0.25) is 5.91 Å². The quantitative estimate of drug-likeness (QED) is 0.796. The number of fused-ring (bicyclic) bond motifs is 1. The summed E-state index contributed by atoms with van der Waals surface area (Å²) in [5.41, 5.74) is 0. The molecule has 3 fully saturated rings. The number of rotatable bonds is 3. The van der Waals surface area contributed by atoms with Crippen LogP contribution < -0.4 is 0 Å². The van der Waals surface area contributed by atoms with Crippen LogP contribution in [0.4, 0.5) is 0 Å². The summed E-state index contributed by atoms with van der Waals surface area (Å²) in [7, 11) is 0. The SMILES string of the molecule is O=C1COC2CCCN(C(=O)CCC3CCCCC3)C12. The van der Waals surface area contributed by atoms with E-state index in [2.05, 4.69) is 0 Å². The van der Waals surface area contributed by atoms with E-state index in [1.54, 1.807) is 0 Å². The average molecular weight is 279 g/mol. The molecule has 0 aromatic rings. The second-order valence-corrected chi connectivity index (χ2v) is 6.53. The molecule has 20 heavy (non-hydrogen) atoms. The van der Waals surface area contributed by atoms with Crippen LogP contribution in [0.25, 0.3) is 0 Å². The van der Waals surface area contributed by atoms with Crippen molar-refractivity contribution in [2.24, 2.45) is 5.92 Å². The third kappa shape index (κ3) is 2.90. The Morgan fingerprint density at radius 1 is 1.15 bits per heavy atom. The van der Waals surface area contributed by atoms with Gasteiger partial charge in [-0.15, -0.1) is 0 Å². The molecule has 0 aromatic heterocycles. The van der Waals surface area contributed by atoms with Crippen molar-refractivity contribution in [2.45, 2.75) is 69.9 Å². The highest BCUT2D eigenvalue weighted by atomic mass is 16.5. The zero-order valence-electron chi connectivity index (χ0n) is 12.2. The topological polar surface area (TPSA) is 46.6 Å². The second kappa shape index (κ2) is 6.25. The van der Waals surface area contributed by atoms with Gasteiger partial charge in [-0.1, -0.05) is 32.1 Å². The smallest absolute Gasteiger partial charge is 0.223 e. The molecule has 2 saturated heterocycles. The summed E-state index contributed by atoms with van der Waals surface area (Å²) in [6.45, 7) is 0.932. The van der Waals surface area contributed by atoms with Crippen LogP contribution in [-0.4, -0.2) is 41.9 Å². The standard InChI is InChI=1S/C16H25NO3/c18-13-11-20-14-7-4-10-17(16(13)14)15(19)9-8-12-5-2-1-3-6-12/h12,14,16H,1-11H2. The Balaban J connectivity index is 1.54. The Morgan fingerprint density at radius 3 is 2.75 bits per heavy atom. The van der Waals surface area contributed by atoms with Crippen molar-refractivity contribution < 1.29 is 14.3 Å². The fraction of sp³-hybridized carbons (Fsp3) is 0.875. The van der Waals surface area contributed by atoms with Crippen LogP contribution in [0.2, 0.25) is 0 Å². The van der Waals surface area contributed by atoms with Crippen molar-refractivity contribution in [1.29, 1.82) is 0 Å². The number of nitrogens with zero attached hydrogens (tertiary/aromatic N) is 1. The van der Waals surface area contributed by atoms with Gasteiger partial charge in [0.05, 0.1) is 6.10 Å². The molecule has 0 radical (unpaired) electrons. The van der Waals surface area contributed by atoms with Crippen LogP contribution in [-0.2, 0) is 14.3 Å². The van der Waals surface area contributed by atoms with Crippen LogP contribution in [0.5, 0.6) is 0 Å². The van der Waals surface area contributed by atoms with Gasteiger partial charge in [-0.25, -0.2) is 0 Å². The zero-order chi connectivity index (χ0) is 13.9. The van der Waals surface area contributed by atoms with Gasteiger partial charge < -0.3 is 9.64 Å². The third-order valence-corrected chi connectivity index (χ3v) is 5.16. The molecule has 2 heterocycles. The molecular weight excluding hydrogens is 254 g/mol. The minimum atomic E-state index is -0.275. The average Bonchev–Trinajstić information content (AvgIpc) is 2.87. The lowest BCUT2D eigenvalue weighted by molar-refractivity contribution is -0.141. The van der Waals surface area contributed by atoms with E-state index in [1.807, 2.05) is 4.90 Å². The van der Waals surface area contributed by atoms with E-state index in [-0.39, 0.29) is 30.4 Å². The summed E-state index contributed by atoms with van der Waals surface area (Å²) >= 11 is 0. The molecule has 1 amide bonds. The van der Waals surface area contributed by atoms with Crippen LogP contribution in [0, 0.1) is 5.92 Å². The first kappa shape index (κ1) is 14.1. The van der Waals surface area contributed by atoms with E-state index in [0.29, 0.717) is 6.42 Å². The fourth-order valence-corrected chi connectivity index (χ4v) is 4.02. The molecule has 0 spiro atoms. The number of amides is 1. The minimum absolute atomic E-state index is 0.0325. The van der Waals surface area contributed by atoms with E-state index < -0.39 is 0 Å². The molecular formula is C16H25NO3. The highest BCUT2D eigenvalue weighted by Crippen LogP contribution is 2.30. The largest absolute Gasteiger partial charge is 0.368 e. The van der Waals surface area contributed by atoms with E-state index in [1.165, 1.54) is 32.1 Å². The number of carbonyl (C=O) groups is 2. The molecule has 2 aliphatic heterocycles. The minimum Gasteiger partial charge on any atom is -0.368 e. The maximum atomic E-state index is 12.4. The lowest BCUT2D eigenvalue weighted by atomic mass is 9.86. The van der Waals surface area contributed by atoms with Gasteiger partial charge in [0.1, 0.15) is 12.6 Å². The molecule has 112 valence electrons. The summed E-state index contributed by atoms with van der Waals surface area (Å²) in [6.07, 6.45) is 10.0. The molecule has 4 heteroatoms. The normalized spacial score (nSPS) is 31.4. The summed E-state index contributed by atoms with van der Waals surface area (Å²) in [5, 5.41) is 0. The molecule has 2 atom stereocenters.